The molecule has 0 aliphatic carbocycles. The second-order valence-corrected chi connectivity index (χ2v) is 4.06. The number of esters is 1. The van der Waals surface area contributed by atoms with Crippen LogP contribution in [0.2, 0.25) is 0 Å². The summed E-state index contributed by atoms with van der Waals surface area (Å²) >= 11 is 0. The van der Waals surface area contributed by atoms with Crippen molar-refractivity contribution in [3.05, 3.63) is 35.5 Å². The first-order valence-corrected chi connectivity index (χ1v) is 5.37. The number of ether oxygens (including phenoxy) is 1. The molecule has 2 rings (SSSR count). The summed E-state index contributed by atoms with van der Waals surface area (Å²) in [6, 6.07) is 7.73. The summed E-state index contributed by atoms with van der Waals surface area (Å²) in [5, 5.41) is 10.9. The molecule has 0 aliphatic rings. The van der Waals surface area contributed by atoms with Gasteiger partial charge in [0.1, 0.15) is 0 Å². The zero-order valence-corrected chi connectivity index (χ0v) is 10.1. The molecule has 4 heteroatoms. The molecule has 1 atom stereocenters. The lowest BCUT2D eigenvalue weighted by Crippen LogP contribution is -2.16. The van der Waals surface area contributed by atoms with Crippen molar-refractivity contribution < 1.29 is 14.6 Å². The van der Waals surface area contributed by atoms with Crippen LogP contribution in [0.4, 0.5) is 0 Å². The van der Waals surface area contributed by atoms with E-state index in [1.165, 1.54) is 7.11 Å². The lowest BCUT2D eigenvalue weighted by molar-refractivity contribution is -0.151. The molecule has 0 spiro atoms. The van der Waals surface area contributed by atoms with Gasteiger partial charge in [0.15, 0.2) is 6.10 Å². The number of aromatic nitrogens is 1. The minimum absolute atomic E-state index is 0.543. The Morgan fingerprint density at radius 3 is 2.76 bits per heavy atom. The second kappa shape index (κ2) is 4.22. The van der Waals surface area contributed by atoms with Gasteiger partial charge >= 0.3 is 5.97 Å². The number of aryl methyl sites for hydroxylation is 2. The molecule has 0 bridgehead atoms. The number of carbonyl (C=O) groups is 1. The summed E-state index contributed by atoms with van der Waals surface area (Å²) < 4.78 is 6.35. The van der Waals surface area contributed by atoms with E-state index in [9.17, 15) is 9.90 Å². The molecular formula is C13H15NO3. The molecule has 90 valence electrons. The molecule has 1 aromatic carbocycles. The van der Waals surface area contributed by atoms with Crippen molar-refractivity contribution in [3.8, 4) is 0 Å². The number of fused-ring (bicyclic) bond motifs is 1. The van der Waals surface area contributed by atoms with E-state index in [2.05, 4.69) is 4.74 Å². The van der Waals surface area contributed by atoms with E-state index in [1.807, 2.05) is 42.8 Å². The van der Waals surface area contributed by atoms with E-state index in [4.69, 9.17) is 0 Å². The van der Waals surface area contributed by atoms with Gasteiger partial charge in [-0.3, -0.25) is 0 Å². The molecule has 17 heavy (non-hydrogen) atoms. The van der Waals surface area contributed by atoms with Crippen molar-refractivity contribution in [3.63, 3.8) is 0 Å². The normalized spacial score (nSPS) is 12.7. The van der Waals surface area contributed by atoms with Crippen LogP contribution in [0.3, 0.4) is 0 Å². The lowest BCUT2D eigenvalue weighted by Gasteiger charge is -2.09. The third kappa shape index (κ3) is 1.80. The summed E-state index contributed by atoms with van der Waals surface area (Å²) in [5.41, 5.74) is 2.64. The highest BCUT2D eigenvalue weighted by Crippen LogP contribution is 2.26. The predicted molar refractivity (Wildman–Crippen MR) is 64.6 cm³/mol. The Morgan fingerprint density at radius 2 is 2.18 bits per heavy atom. The van der Waals surface area contributed by atoms with E-state index in [0.29, 0.717) is 5.69 Å². The highest BCUT2D eigenvalue weighted by molar-refractivity contribution is 5.86. The first-order chi connectivity index (χ1) is 8.06. The highest BCUT2D eigenvalue weighted by Gasteiger charge is 2.22. The number of hydrogen-bond acceptors (Lipinski definition) is 3. The number of carbonyl (C=O) groups excluding carboxylic acids is 1. The van der Waals surface area contributed by atoms with Crippen molar-refractivity contribution in [1.29, 1.82) is 0 Å². The van der Waals surface area contributed by atoms with Crippen molar-refractivity contribution in [2.45, 2.75) is 13.0 Å². The van der Waals surface area contributed by atoms with Crippen LogP contribution in [0.25, 0.3) is 10.9 Å². The molecule has 2 aromatic rings. The third-order valence-electron chi connectivity index (χ3n) is 3.05. The molecule has 0 amide bonds. The molecule has 0 saturated heterocycles. The van der Waals surface area contributed by atoms with Crippen LogP contribution in [0.1, 0.15) is 17.4 Å². The molecule has 0 fully saturated rings. The van der Waals surface area contributed by atoms with Crippen molar-refractivity contribution >= 4 is 16.9 Å². The van der Waals surface area contributed by atoms with Crippen LogP contribution in [0, 0.1) is 6.92 Å². The average Bonchev–Trinajstić information content (AvgIpc) is 2.67. The number of aliphatic hydroxyl groups is 1. The number of hydrogen-bond donors (Lipinski definition) is 1. The van der Waals surface area contributed by atoms with Crippen LogP contribution in [-0.4, -0.2) is 22.8 Å². The summed E-state index contributed by atoms with van der Waals surface area (Å²) in [6.07, 6.45) is -1.24. The van der Waals surface area contributed by atoms with E-state index >= 15 is 0 Å². The first kappa shape index (κ1) is 11.7. The van der Waals surface area contributed by atoms with Gasteiger partial charge in [0.25, 0.3) is 0 Å². The van der Waals surface area contributed by atoms with Gasteiger partial charge in [0, 0.05) is 18.0 Å². The van der Waals surface area contributed by atoms with E-state index in [1.54, 1.807) is 0 Å². The number of methoxy groups -OCH3 is 1. The molecule has 1 N–H and O–H groups in total. The molecule has 0 radical (unpaired) electrons. The number of rotatable bonds is 2. The predicted octanol–water partition coefficient (Wildman–Crippen LogP) is 1.69. The summed E-state index contributed by atoms with van der Waals surface area (Å²) in [7, 11) is 3.09. The minimum Gasteiger partial charge on any atom is -0.467 e. The fraction of sp³-hybridized carbons (Fsp3) is 0.308. The van der Waals surface area contributed by atoms with E-state index < -0.39 is 12.1 Å². The van der Waals surface area contributed by atoms with Crippen molar-refractivity contribution in [2.75, 3.05) is 7.11 Å². The Bertz CT molecular complexity index is 571. The van der Waals surface area contributed by atoms with Gasteiger partial charge in [0.2, 0.25) is 0 Å². The Labute approximate surface area is 99.4 Å². The Morgan fingerprint density at radius 1 is 1.47 bits per heavy atom. The zero-order valence-electron chi connectivity index (χ0n) is 10.1. The molecule has 4 nitrogen and oxygen atoms in total. The van der Waals surface area contributed by atoms with Crippen LogP contribution in [0.15, 0.2) is 24.3 Å². The number of nitrogens with zero attached hydrogens (tertiary/aromatic N) is 1. The molecule has 0 aliphatic heterocycles. The fourth-order valence-electron chi connectivity index (χ4n) is 2.02. The van der Waals surface area contributed by atoms with Gasteiger partial charge in [-0.15, -0.1) is 0 Å². The Kier molecular flexibility index (Phi) is 2.90. The quantitative estimate of drug-likeness (QED) is 0.803. The maximum absolute atomic E-state index is 11.3. The Hall–Kier alpha value is -1.81. The standard InChI is InChI=1S/C13H15NO3/c1-8-5-4-6-10-9(8)7-11(14(10)2)12(15)13(16)17-3/h4-7,12,15H,1-3H3. The third-order valence-corrected chi connectivity index (χ3v) is 3.05. The summed E-state index contributed by atoms with van der Waals surface area (Å²) in [5.74, 6) is -0.645. The van der Waals surface area contributed by atoms with Crippen LogP contribution >= 0.6 is 0 Å². The molecule has 1 unspecified atom stereocenters. The van der Waals surface area contributed by atoms with Crippen LogP contribution in [0.5, 0.6) is 0 Å². The van der Waals surface area contributed by atoms with Gasteiger partial charge in [-0.2, -0.15) is 0 Å². The van der Waals surface area contributed by atoms with Gasteiger partial charge in [-0.1, -0.05) is 12.1 Å². The highest BCUT2D eigenvalue weighted by atomic mass is 16.5. The van der Waals surface area contributed by atoms with E-state index in [0.717, 1.165) is 16.5 Å². The number of aliphatic hydroxyl groups excluding tert-OH is 1. The smallest absolute Gasteiger partial charge is 0.340 e. The maximum Gasteiger partial charge on any atom is 0.340 e. The topological polar surface area (TPSA) is 51.5 Å². The molecule has 0 saturated carbocycles. The summed E-state index contributed by atoms with van der Waals surface area (Å²) in [6.45, 7) is 2.00. The monoisotopic (exact) mass is 233 g/mol. The molecule has 1 aromatic heterocycles. The molecular weight excluding hydrogens is 218 g/mol. The van der Waals surface area contributed by atoms with Crippen LogP contribution < -0.4 is 0 Å². The average molecular weight is 233 g/mol. The number of benzene rings is 1. The SMILES string of the molecule is COC(=O)C(O)c1cc2c(C)cccc2n1C. The molecule has 1 heterocycles. The van der Waals surface area contributed by atoms with Gasteiger partial charge in [-0.25, -0.2) is 4.79 Å². The zero-order chi connectivity index (χ0) is 12.6. The van der Waals surface area contributed by atoms with Gasteiger partial charge < -0.3 is 14.4 Å². The largest absolute Gasteiger partial charge is 0.467 e. The summed E-state index contributed by atoms with van der Waals surface area (Å²) in [4.78, 5) is 11.3. The van der Waals surface area contributed by atoms with Crippen molar-refractivity contribution in [1.82, 2.24) is 4.57 Å². The van der Waals surface area contributed by atoms with Crippen LogP contribution in [-0.2, 0) is 16.6 Å². The van der Waals surface area contributed by atoms with Crippen molar-refractivity contribution in [2.24, 2.45) is 7.05 Å². The Balaban J connectivity index is 2.60. The first-order valence-electron chi connectivity index (χ1n) is 5.37. The van der Waals surface area contributed by atoms with E-state index in [-0.39, 0.29) is 0 Å². The lowest BCUT2D eigenvalue weighted by atomic mass is 10.1. The van der Waals surface area contributed by atoms with Gasteiger partial charge in [0.05, 0.1) is 12.8 Å². The minimum atomic E-state index is -1.24. The fourth-order valence-corrected chi connectivity index (χ4v) is 2.02. The van der Waals surface area contributed by atoms with Gasteiger partial charge in [-0.05, 0) is 24.6 Å². The second-order valence-electron chi connectivity index (χ2n) is 4.06. The maximum atomic E-state index is 11.3.